The number of nitrogens with zero attached hydrogens (tertiary/aromatic N) is 4. The van der Waals surface area contributed by atoms with E-state index in [0.29, 0.717) is 42.7 Å². The minimum Gasteiger partial charge on any atom is -0.491 e. The Bertz CT molecular complexity index is 1030. The molecule has 1 saturated carbocycles. The smallest absolute Gasteiger partial charge is 0.256 e. The Morgan fingerprint density at radius 2 is 2.15 bits per heavy atom. The van der Waals surface area contributed by atoms with E-state index in [0.717, 1.165) is 24.2 Å². The molecule has 1 N–H and O–H groups in total. The molecule has 1 fully saturated rings. The van der Waals surface area contributed by atoms with E-state index < -0.39 is 0 Å². The van der Waals surface area contributed by atoms with Gasteiger partial charge in [0.2, 0.25) is 0 Å². The van der Waals surface area contributed by atoms with Crippen molar-refractivity contribution >= 4 is 17.4 Å². The van der Waals surface area contributed by atoms with Gasteiger partial charge in [-0.25, -0.2) is 13.9 Å². The molecular weight excluding hydrogens is 349 g/mol. The third-order valence-electron chi connectivity index (χ3n) is 4.89. The third kappa shape index (κ3) is 2.97. The maximum Gasteiger partial charge on any atom is 0.256 e. The zero-order valence-corrected chi connectivity index (χ0v) is 14.6. The van der Waals surface area contributed by atoms with Crippen molar-refractivity contribution in [1.82, 2.24) is 19.9 Å². The van der Waals surface area contributed by atoms with Crippen molar-refractivity contribution in [3.05, 3.63) is 53.6 Å². The topological polar surface area (TPSA) is 71.8 Å². The van der Waals surface area contributed by atoms with Crippen LogP contribution in [0, 0.1) is 5.82 Å². The first kappa shape index (κ1) is 16.0. The van der Waals surface area contributed by atoms with Crippen LogP contribution in [-0.4, -0.2) is 39.7 Å². The quantitative estimate of drug-likeness (QED) is 0.714. The molecule has 1 amide bonds. The fourth-order valence-corrected chi connectivity index (χ4v) is 3.38. The van der Waals surface area contributed by atoms with Crippen LogP contribution >= 0.6 is 0 Å². The van der Waals surface area contributed by atoms with Gasteiger partial charge < -0.3 is 15.0 Å². The summed E-state index contributed by atoms with van der Waals surface area (Å²) in [5, 5.41) is 7.03. The van der Waals surface area contributed by atoms with Crippen LogP contribution < -0.4 is 15.0 Å². The molecule has 0 spiro atoms. The second-order valence-electron chi connectivity index (χ2n) is 6.83. The molecular formula is C19H18FN5O2. The molecule has 2 bridgehead atoms. The van der Waals surface area contributed by atoms with E-state index in [1.54, 1.807) is 16.8 Å². The predicted molar refractivity (Wildman–Crippen MR) is 96.4 cm³/mol. The highest BCUT2D eigenvalue weighted by Crippen LogP contribution is 2.34. The number of aromatic nitrogens is 3. The van der Waals surface area contributed by atoms with E-state index in [9.17, 15) is 9.18 Å². The van der Waals surface area contributed by atoms with Gasteiger partial charge in [0.05, 0.1) is 12.7 Å². The molecule has 27 heavy (non-hydrogen) atoms. The van der Waals surface area contributed by atoms with E-state index in [1.165, 1.54) is 18.3 Å². The number of amides is 1. The number of hydrogen-bond acceptors (Lipinski definition) is 5. The van der Waals surface area contributed by atoms with Gasteiger partial charge in [-0.2, -0.15) is 5.10 Å². The van der Waals surface area contributed by atoms with E-state index in [1.807, 2.05) is 6.07 Å². The molecule has 2 aromatic heterocycles. The van der Waals surface area contributed by atoms with Crippen LogP contribution in [0.5, 0.6) is 5.75 Å². The maximum absolute atomic E-state index is 13.9. The molecule has 1 aromatic carbocycles. The first-order valence-corrected chi connectivity index (χ1v) is 8.99. The molecule has 5 rings (SSSR count). The summed E-state index contributed by atoms with van der Waals surface area (Å²) in [5.41, 5.74) is 1.70. The monoisotopic (exact) mass is 367 g/mol. The zero-order chi connectivity index (χ0) is 18.4. The maximum atomic E-state index is 13.9. The van der Waals surface area contributed by atoms with Crippen LogP contribution in [-0.2, 0) is 6.54 Å². The summed E-state index contributed by atoms with van der Waals surface area (Å²) in [6, 6.07) is 6.76. The van der Waals surface area contributed by atoms with Crippen molar-refractivity contribution in [1.29, 1.82) is 0 Å². The Labute approximate surface area is 154 Å². The number of hydrogen-bond donors (Lipinski definition) is 1. The highest BCUT2D eigenvalue weighted by molar-refractivity contribution is 5.99. The van der Waals surface area contributed by atoms with Gasteiger partial charge in [-0.3, -0.25) is 4.79 Å². The lowest BCUT2D eigenvalue weighted by Gasteiger charge is -2.25. The molecule has 7 nitrogen and oxygen atoms in total. The average molecular weight is 367 g/mol. The van der Waals surface area contributed by atoms with Gasteiger partial charge in [-0.15, -0.1) is 0 Å². The van der Waals surface area contributed by atoms with Gasteiger partial charge in [0.15, 0.2) is 5.65 Å². The minimum atomic E-state index is -0.299. The molecule has 0 radical (unpaired) electrons. The van der Waals surface area contributed by atoms with Crippen LogP contribution in [0.25, 0.3) is 5.65 Å². The molecule has 3 heterocycles. The van der Waals surface area contributed by atoms with Gasteiger partial charge in [-0.1, -0.05) is 0 Å². The Kier molecular flexibility index (Phi) is 3.70. The second-order valence-corrected chi connectivity index (χ2v) is 6.83. The lowest BCUT2D eigenvalue weighted by atomic mass is 10.1. The van der Waals surface area contributed by atoms with Crippen molar-refractivity contribution in [2.45, 2.75) is 25.4 Å². The summed E-state index contributed by atoms with van der Waals surface area (Å²) in [6.45, 7) is 1.12. The van der Waals surface area contributed by atoms with E-state index in [4.69, 9.17) is 9.72 Å². The molecule has 138 valence electrons. The van der Waals surface area contributed by atoms with Crippen LogP contribution in [0.3, 0.4) is 0 Å². The number of rotatable bonds is 1. The number of carbonyl (C=O) groups excluding carboxylic acids is 1. The van der Waals surface area contributed by atoms with Crippen LogP contribution in [0.15, 0.2) is 36.7 Å². The first-order chi connectivity index (χ1) is 13.2. The van der Waals surface area contributed by atoms with Crippen LogP contribution in [0.2, 0.25) is 0 Å². The van der Waals surface area contributed by atoms with Gasteiger partial charge in [-0.05, 0) is 37.1 Å². The lowest BCUT2D eigenvalue weighted by molar-refractivity contribution is 0.0948. The van der Waals surface area contributed by atoms with Crippen molar-refractivity contribution in [3.8, 4) is 5.75 Å². The molecule has 1 aliphatic heterocycles. The van der Waals surface area contributed by atoms with E-state index in [-0.39, 0.29) is 11.7 Å². The highest BCUT2D eigenvalue weighted by Gasteiger charge is 2.31. The number of ether oxygens (including phenoxy) is 1. The molecule has 0 atom stereocenters. The largest absolute Gasteiger partial charge is 0.491 e. The third-order valence-corrected chi connectivity index (χ3v) is 4.89. The number of halogens is 1. The molecule has 2 aliphatic rings. The number of fused-ring (bicyclic) bond motifs is 2. The van der Waals surface area contributed by atoms with Crippen LogP contribution in [0.1, 0.15) is 28.8 Å². The van der Waals surface area contributed by atoms with Crippen molar-refractivity contribution < 1.29 is 13.9 Å². The van der Waals surface area contributed by atoms with Crippen molar-refractivity contribution in [3.63, 3.8) is 0 Å². The molecule has 0 unspecified atom stereocenters. The van der Waals surface area contributed by atoms with Crippen molar-refractivity contribution in [2.75, 3.05) is 18.1 Å². The molecule has 8 heteroatoms. The van der Waals surface area contributed by atoms with Gasteiger partial charge in [0.25, 0.3) is 5.91 Å². The normalized spacial score (nSPS) is 17.5. The van der Waals surface area contributed by atoms with Crippen molar-refractivity contribution in [2.24, 2.45) is 0 Å². The summed E-state index contributed by atoms with van der Waals surface area (Å²) >= 11 is 0. The fourth-order valence-electron chi connectivity index (χ4n) is 3.38. The summed E-state index contributed by atoms with van der Waals surface area (Å²) < 4.78 is 21.3. The van der Waals surface area contributed by atoms with E-state index >= 15 is 0 Å². The van der Waals surface area contributed by atoms with Gasteiger partial charge in [0, 0.05) is 24.3 Å². The first-order valence-electron chi connectivity index (χ1n) is 8.99. The standard InChI is InChI=1S/C19H18FN5O2/c20-13-1-4-16-12(9-13)11-24(14-2-3-14)17-5-7-25-18(23-17)15(10-22-25)19(26)21-6-8-27-16/h1,4-5,7,9-10,14H,2-3,6,8,11H2,(H,21,26). The Hall–Kier alpha value is -3.16. The van der Waals surface area contributed by atoms with Gasteiger partial charge >= 0.3 is 0 Å². The predicted octanol–water partition coefficient (Wildman–Crippen LogP) is 2.16. The fraction of sp³-hybridized carbons (Fsp3) is 0.316. The zero-order valence-electron chi connectivity index (χ0n) is 14.6. The molecule has 0 saturated heterocycles. The van der Waals surface area contributed by atoms with E-state index in [2.05, 4.69) is 15.3 Å². The molecule has 3 aromatic rings. The minimum absolute atomic E-state index is 0.241. The highest BCUT2D eigenvalue weighted by atomic mass is 19.1. The van der Waals surface area contributed by atoms with Crippen LogP contribution in [0.4, 0.5) is 10.2 Å². The second kappa shape index (κ2) is 6.22. The average Bonchev–Trinajstić information content (AvgIpc) is 3.41. The SMILES string of the molecule is O=C1NCCOc2ccc(F)cc2CN(C2CC2)c2ccn3ncc1c3n2. The Balaban J connectivity index is 1.64. The Morgan fingerprint density at radius 1 is 1.26 bits per heavy atom. The lowest BCUT2D eigenvalue weighted by Crippen LogP contribution is -2.28. The number of benzene rings is 1. The Morgan fingerprint density at radius 3 is 3.00 bits per heavy atom. The summed E-state index contributed by atoms with van der Waals surface area (Å²) in [5.74, 6) is 0.829. The van der Waals surface area contributed by atoms with Gasteiger partial charge in [0.1, 0.15) is 29.6 Å². The summed E-state index contributed by atoms with van der Waals surface area (Å²) in [7, 11) is 0. The summed E-state index contributed by atoms with van der Waals surface area (Å²) in [4.78, 5) is 19.3. The molecule has 1 aliphatic carbocycles. The number of nitrogens with one attached hydrogen (secondary N) is 1. The number of carbonyl (C=O) groups is 1. The number of anilines is 1. The summed E-state index contributed by atoms with van der Waals surface area (Å²) in [6.07, 6.45) is 5.44.